The number of nitrogens with zero attached hydrogens (tertiary/aromatic N) is 1. The first-order valence-corrected chi connectivity index (χ1v) is 13.7. The van der Waals surface area contributed by atoms with Crippen molar-refractivity contribution < 1.29 is 42.3 Å². The molecule has 2 aliphatic carbocycles. The van der Waals surface area contributed by atoms with E-state index in [1.807, 2.05) is 0 Å². The molecule has 1 N–H and O–H groups in total. The van der Waals surface area contributed by atoms with Gasteiger partial charge >= 0.3 is 43.7 Å². The average molecular weight is 546 g/mol. The molecule has 35 heavy (non-hydrogen) atoms. The van der Waals surface area contributed by atoms with Crippen molar-refractivity contribution in [2.45, 2.75) is 89.7 Å². The first kappa shape index (κ1) is 34.5. The van der Waals surface area contributed by atoms with Gasteiger partial charge in [0.05, 0.1) is 11.4 Å². The van der Waals surface area contributed by atoms with Crippen LogP contribution >= 0.6 is 0 Å². The Morgan fingerprint density at radius 2 is 1.51 bits per heavy atom. The summed E-state index contributed by atoms with van der Waals surface area (Å²) in [6.07, 6.45) is 11.0. The fourth-order valence-electron chi connectivity index (χ4n) is 5.03. The first-order chi connectivity index (χ1) is 16.0. The Balaban J connectivity index is 0.000000764. The zero-order valence-corrected chi connectivity index (χ0v) is 24.1. The predicted molar refractivity (Wildman–Crippen MR) is 127 cm³/mol. The van der Waals surface area contributed by atoms with Gasteiger partial charge in [-0.2, -0.15) is 8.42 Å². The Kier molecular flexibility index (Phi) is 16.9. The van der Waals surface area contributed by atoms with Gasteiger partial charge in [0, 0.05) is 18.9 Å². The zero-order chi connectivity index (χ0) is 25.8. The maximum Gasteiger partial charge on any atom is 2.00 e. The molecule has 0 aliphatic heterocycles. The van der Waals surface area contributed by atoms with Crippen molar-refractivity contribution in [3.63, 3.8) is 0 Å². The minimum Gasteiger partial charge on any atom is -0.550 e. The molecule has 10 nitrogen and oxygen atoms in total. The van der Waals surface area contributed by atoms with Gasteiger partial charge in [-0.1, -0.05) is 52.4 Å². The normalized spacial score (nSPS) is 19.0. The van der Waals surface area contributed by atoms with E-state index in [-0.39, 0.29) is 49.1 Å². The summed E-state index contributed by atoms with van der Waals surface area (Å²) >= 11 is 0. The number of carbonyl (C=O) groups is 3. The number of likely N-dealkylation sites (N-methyl/N-ethyl adjacent to an activating group) is 1. The van der Waals surface area contributed by atoms with Crippen molar-refractivity contribution in [2.24, 2.45) is 11.3 Å². The minimum atomic E-state index is -4.94. The van der Waals surface area contributed by atoms with Crippen LogP contribution in [0.25, 0.3) is 0 Å². The van der Waals surface area contributed by atoms with Crippen molar-refractivity contribution in [1.82, 2.24) is 4.90 Å². The SMILES string of the molecule is CCN(CC)CCOC(=O)C1(C2CCCCC2)CCCCC1.O=C([O-])CC(C(=O)[O-])S(=O)(=O)O.[Ca+2]. The molecule has 0 aromatic rings. The van der Waals surface area contributed by atoms with Gasteiger partial charge in [0.25, 0.3) is 10.1 Å². The van der Waals surface area contributed by atoms with Crippen LogP contribution in [0.15, 0.2) is 0 Å². The number of ether oxygens (including phenoxy) is 1. The number of hydrogen-bond acceptors (Lipinski definition) is 9. The van der Waals surface area contributed by atoms with E-state index in [2.05, 4.69) is 18.7 Å². The molecule has 2 aliphatic rings. The molecule has 0 saturated heterocycles. The molecule has 0 amide bonds. The molecule has 12 heteroatoms. The summed E-state index contributed by atoms with van der Waals surface area (Å²) in [7, 11) is -4.94. The Morgan fingerprint density at radius 3 is 1.91 bits per heavy atom. The molecule has 2 fully saturated rings. The third-order valence-corrected chi connectivity index (χ3v) is 8.13. The monoisotopic (exact) mass is 545 g/mol. The van der Waals surface area contributed by atoms with Gasteiger partial charge in [-0.15, -0.1) is 0 Å². The summed E-state index contributed by atoms with van der Waals surface area (Å²) in [6.45, 7) is 7.82. The smallest absolute Gasteiger partial charge is 0.550 e. The van der Waals surface area contributed by atoms with Crippen molar-refractivity contribution in [3.8, 4) is 0 Å². The van der Waals surface area contributed by atoms with Gasteiger partial charge in [0.15, 0.2) is 0 Å². The summed E-state index contributed by atoms with van der Waals surface area (Å²) in [5.74, 6) is -3.36. The summed E-state index contributed by atoms with van der Waals surface area (Å²) in [5.41, 5.74) is -0.137. The van der Waals surface area contributed by atoms with E-state index in [1.54, 1.807) is 0 Å². The van der Waals surface area contributed by atoms with Gasteiger partial charge in [0.1, 0.15) is 11.9 Å². The second-order valence-corrected chi connectivity index (χ2v) is 10.7. The molecule has 0 aromatic heterocycles. The molecule has 0 radical (unpaired) electrons. The summed E-state index contributed by atoms with van der Waals surface area (Å²) in [5, 5.41) is 17.3. The standard InChI is InChI=1S/C19H35NO2.C4H6O7S.Ca/c1-3-20(4-2)15-16-22-18(21)19(13-9-6-10-14-19)17-11-7-5-8-12-17;5-3(6)1-2(4(7)8)12(9,10)11;/h17H,3-16H2,1-2H3;2H,1H2,(H,5,6)(H,7,8)(H,9,10,11);/q;;+2/p-2. The minimum absolute atomic E-state index is 0. The predicted octanol–water partition coefficient (Wildman–Crippen LogP) is 0.154. The van der Waals surface area contributed by atoms with Crippen molar-refractivity contribution in [3.05, 3.63) is 0 Å². The zero-order valence-electron chi connectivity index (χ0n) is 21.0. The molecule has 0 spiro atoms. The van der Waals surface area contributed by atoms with Crippen LogP contribution < -0.4 is 10.2 Å². The number of esters is 1. The maximum absolute atomic E-state index is 12.9. The fraction of sp³-hybridized carbons (Fsp3) is 0.870. The largest absolute Gasteiger partial charge is 2.00 e. The molecule has 2 saturated carbocycles. The number of aliphatic carboxylic acids is 2. The summed E-state index contributed by atoms with van der Waals surface area (Å²) in [4.78, 5) is 35.0. The van der Waals surface area contributed by atoms with E-state index in [0.717, 1.165) is 32.5 Å². The molecule has 1 atom stereocenters. The van der Waals surface area contributed by atoms with Gasteiger partial charge < -0.3 is 29.4 Å². The van der Waals surface area contributed by atoms with Crippen LogP contribution in [0.2, 0.25) is 0 Å². The number of carboxylic acids is 2. The van der Waals surface area contributed by atoms with Crippen molar-refractivity contribution in [1.29, 1.82) is 0 Å². The molecular weight excluding hydrogens is 506 g/mol. The van der Waals surface area contributed by atoms with E-state index in [9.17, 15) is 33.0 Å². The van der Waals surface area contributed by atoms with E-state index in [4.69, 9.17) is 9.29 Å². The second kappa shape index (κ2) is 17.1. The molecular formula is C23H39CaNO9S. The van der Waals surface area contributed by atoms with Crippen molar-refractivity contribution in [2.75, 3.05) is 26.2 Å². The third kappa shape index (κ3) is 11.6. The van der Waals surface area contributed by atoms with Crippen LogP contribution in [-0.2, 0) is 29.2 Å². The number of rotatable bonds is 11. The molecule has 1 unspecified atom stereocenters. The van der Waals surface area contributed by atoms with E-state index in [0.29, 0.717) is 12.5 Å². The van der Waals surface area contributed by atoms with Gasteiger partial charge in [-0.3, -0.25) is 9.35 Å². The van der Waals surface area contributed by atoms with E-state index < -0.39 is 33.7 Å². The third-order valence-electron chi connectivity index (χ3n) is 7.05. The topological polar surface area (TPSA) is 164 Å². The Morgan fingerprint density at radius 1 is 1.00 bits per heavy atom. The van der Waals surface area contributed by atoms with Crippen LogP contribution in [-0.4, -0.2) is 105 Å². The molecule has 0 heterocycles. The Bertz CT molecular complexity index is 759. The Hall–Kier alpha value is -0.460. The van der Waals surface area contributed by atoms with Crippen LogP contribution in [0.5, 0.6) is 0 Å². The van der Waals surface area contributed by atoms with Gasteiger partial charge in [-0.25, -0.2) is 0 Å². The van der Waals surface area contributed by atoms with Crippen LogP contribution in [0.1, 0.15) is 84.5 Å². The first-order valence-electron chi connectivity index (χ1n) is 12.2. The fourth-order valence-corrected chi connectivity index (χ4v) is 5.62. The number of carboxylic acid groups (broad SMARTS) is 2. The van der Waals surface area contributed by atoms with Gasteiger partial charge in [0.2, 0.25) is 0 Å². The quantitative estimate of drug-likeness (QED) is 0.215. The molecule has 0 aromatic carbocycles. The van der Waals surface area contributed by atoms with Crippen LogP contribution in [0.4, 0.5) is 0 Å². The second-order valence-electron chi connectivity index (χ2n) is 9.11. The van der Waals surface area contributed by atoms with E-state index >= 15 is 0 Å². The van der Waals surface area contributed by atoms with Crippen LogP contribution in [0, 0.1) is 11.3 Å². The van der Waals surface area contributed by atoms with Crippen LogP contribution in [0.3, 0.4) is 0 Å². The van der Waals surface area contributed by atoms with Gasteiger partial charge in [-0.05, 0) is 44.7 Å². The number of hydrogen-bond donors (Lipinski definition) is 1. The summed E-state index contributed by atoms with van der Waals surface area (Å²) in [6, 6.07) is 0. The molecule has 2 rings (SSSR count). The maximum atomic E-state index is 12.9. The van der Waals surface area contributed by atoms with Crippen molar-refractivity contribution >= 4 is 65.8 Å². The average Bonchev–Trinajstić information content (AvgIpc) is 2.80. The van der Waals surface area contributed by atoms with E-state index in [1.165, 1.54) is 51.4 Å². The molecule has 198 valence electrons. The number of carbonyl (C=O) groups excluding carboxylic acids is 3. The molecule has 0 bridgehead atoms. The summed E-state index contributed by atoms with van der Waals surface area (Å²) < 4.78 is 34.3. The Labute approximate surface area is 238 Å².